The third-order valence-corrected chi connectivity index (χ3v) is 3.15. The standard InChI is InChI=1S/C13H28N2O/c1-13(2,3)5-6-14(4)7-8-15-9-11-16-12-10-15/h5-12H2,1-4H3. The molecule has 0 spiro atoms. The van der Waals surface area contributed by atoms with Crippen molar-refractivity contribution >= 4 is 0 Å². The largest absolute Gasteiger partial charge is 0.379 e. The molecular weight excluding hydrogens is 200 g/mol. The molecule has 0 radical (unpaired) electrons. The molecule has 0 unspecified atom stereocenters. The van der Waals surface area contributed by atoms with Crippen LogP contribution in [0.1, 0.15) is 27.2 Å². The fourth-order valence-corrected chi connectivity index (χ4v) is 1.77. The molecule has 1 aliphatic heterocycles. The lowest BCUT2D eigenvalue weighted by Gasteiger charge is -2.29. The Morgan fingerprint density at radius 3 is 2.31 bits per heavy atom. The molecule has 0 N–H and O–H groups in total. The monoisotopic (exact) mass is 228 g/mol. The van der Waals surface area contributed by atoms with Crippen LogP contribution in [0.25, 0.3) is 0 Å². The van der Waals surface area contributed by atoms with Crippen molar-refractivity contribution in [1.29, 1.82) is 0 Å². The highest BCUT2D eigenvalue weighted by molar-refractivity contribution is 4.67. The van der Waals surface area contributed by atoms with Gasteiger partial charge in [0.25, 0.3) is 0 Å². The minimum atomic E-state index is 0.452. The Hall–Kier alpha value is -0.120. The highest BCUT2D eigenvalue weighted by Crippen LogP contribution is 2.18. The van der Waals surface area contributed by atoms with Gasteiger partial charge in [-0.3, -0.25) is 4.90 Å². The highest BCUT2D eigenvalue weighted by atomic mass is 16.5. The van der Waals surface area contributed by atoms with Gasteiger partial charge in [-0.2, -0.15) is 0 Å². The van der Waals surface area contributed by atoms with E-state index >= 15 is 0 Å². The van der Waals surface area contributed by atoms with E-state index in [1.54, 1.807) is 0 Å². The van der Waals surface area contributed by atoms with Gasteiger partial charge in [0.15, 0.2) is 0 Å². The first-order valence-electron chi connectivity index (χ1n) is 6.46. The number of rotatable bonds is 5. The van der Waals surface area contributed by atoms with Crippen LogP contribution in [-0.2, 0) is 4.74 Å². The van der Waals surface area contributed by atoms with E-state index in [1.807, 2.05) is 0 Å². The smallest absolute Gasteiger partial charge is 0.0594 e. The summed E-state index contributed by atoms with van der Waals surface area (Å²) in [6.07, 6.45) is 1.27. The maximum atomic E-state index is 5.34. The summed E-state index contributed by atoms with van der Waals surface area (Å²) >= 11 is 0. The van der Waals surface area contributed by atoms with Crippen molar-refractivity contribution in [3.8, 4) is 0 Å². The quantitative estimate of drug-likeness (QED) is 0.712. The lowest BCUT2D eigenvalue weighted by molar-refractivity contribution is 0.0341. The molecule has 0 atom stereocenters. The molecule has 1 rings (SSSR count). The Labute approximate surface area is 101 Å². The van der Waals surface area contributed by atoms with Gasteiger partial charge in [-0.1, -0.05) is 20.8 Å². The van der Waals surface area contributed by atoms with E-state index in [9.17, 15) is 0 Å². The zero-order valence-corrected chi connectivity index (χ0v) is 11.5. The van der Waals surface area contributed by atoms with E-state index in [2.05, 4.69) is 37.6 Å². The summed E-state index contributed by atoms with van der Waals surface area (Å²) in [6, 6.07) is 0. The zero-order chi connectivity index (χ0) is 12.0. The molecule has 1 saturated heterocycles. The maximum Gasteiger partial charge on any atom is 0.0594 e. The Morgan fingerprint density at radius 2 is 1.75 bits per heavy atom. The normalized spacial score (nSPS) is 19.3. The van der Waals surface area contributed by atoms with Gasteiger partial charge in [-0.05, 0) is 25.4 Å². The molecule has 0 aliphatic carbocycles. The first-order valence-corrected chi connectivity index (χ1v) is 6.46. The van der Waals surface area contributed by atoms with Crippen LogP contribution in [0.5, 0.6) is 0 Å². The Kier molecular flexibility index (Phi) is 5.73. The fourth-order valence-electron chi connectivity index (χ4n) is 1.77. The van der Waals surface area contributed by atoms with Crippen LogP contribution in [-0.4, -0.2) is 62.8 Å². The van der Waals surface area contributed by atoms with Gasteiger partial charge in [-0.15, -0.1) is 0 Å². The van der Waals surface area contributed by atoms with Crippen LogP contribution in [0, 0.1) is 5.41 Å². The first kappa shape index (κ1) is 13.9. The van der Waals surface area contributed by atoms with Gasteiger partial charge in [0.1, 0.15) is 0 Å². The Balaban J connectivity index is 2.07. The molecule has 96 valence electrons. The van der Waals surface area contributed by atoms with Crippen LogP contribution >= 0.6 is 0 Å². The van der Waals surface area contributed by atoms with Crippen LogP contribution in [0.15, 0.2) is 0 Å². The predicted octanol–water partition coefficient (Wildman–Crippen LogP) is 1.69. The maximum absolute atomic E-state index is 5.34. The third kappa shape index (κ3) is 6.46. The van der Waals surface area contributed by atoms with Crippen molar-refractivity contribution in [2.24, 2.45) is 5.41 Å². The van der Waals surface area contributed by atoms with E-state index in [-0.39, 0.29) is 0 Å². The second kappa shape index (κ2) is 6.58. The average molecular weight is 228 g/mol. The highest BCUT2D eigenvalue weighted by Gasteiger charge is 2.13. The summed E-state index contributed by atoms with van der Waals surface area (Å²) in [7, 11) is 2.23. The molecule has 1 heterocycles. The third-order valence-electron chi connectivity index (χ3n) is 3.15. The van der Waals surface area contributed by atoms with Crippen molar-refractivity contribution < 1.29 is 4.74 Å². The van der Waals surface area contributed by atoms with Gasteiger partial charge in [0, 0.05) is 26.2 Å². The van der Waals surface area contributed by atoms with Crippen molar-refractivity contribution in [3.63, 3.8) is 0 Å². The van der Waals surface area contributed by atoms with Gasteiger partial charge >= 0.3 is 0 Å². The molecule has 0 aromatic carbocycles. The van der Waals surface area contributed by atoms with E-state index in [0.29, 0.717) is 5.41 Å². The van der Waals surface area contributed by atoms with E-state index < -0.39 is 0 Å². The number of likely N-dealkylation sites (N-methyl/N-ethyl adjacent to an activating group) is 1. The molecule has 0 aromatic heterocycles. The molecular formula is C13H28N2O. The van der Waals surface area contributed by atoms with Crippen molar-refractivity contribution in [1.82, 2.24) is 9.80 Å². The summed E-state index contributed by atoms with van der Waals surface area (Å²) in [5.74, 6) is 0. The van der Waals surface area contributed by atoms with Gasteiger partial charge in [-0.25, -0.2) is 0 Å². The summed E-state index contributed by atoms with van der Waals surface area (Å²) in [6.45, 7) is 14.5. The Bertz CT molecular complexity index is 183. The molecule has 3 heteroatoms. The van der Waals surface area contributed by atoms with E-state index in [0.717, 1.165) is 26.3 Å². The Morgan fingerprint density at radius 1 is 1.12 bits per heavy atom. The molecule has 0 bridgehead atoms. The van der Waals surface area contributed by atoms with Gasteiger partial charge < -0.3 is 9.64 Å². The topological polar surface area (TPSA) is 15.7 Å². The van der Waals surface area contributed by atoms with Crippen LogP contribution < -0.4 is 0 Å². The average Bonchev–Trinajstić information content (AvgIpc) is 2.24. The number of hydrogen-bond donors (Lipinski definition) is 0. The summed E-state index contributed by atoms with van der Waals surface area (Å²) in [5.41, 5.74) is 0.452. The van der Waals surface area contributed by atoms with Crippen LogP contribution in [0.2, 0.25) is 0 Å². The molecule has 0 saturated carbocycles. The molecule has 0 aromatic rings. The second-order valence-corrected chi connectivity index (χ2v) is 6.07. The number of nitrogens with zero attached hydrogens (tertiary/aromatic N) is 2. The minimum absolute atomic E-state index is 0.452. The molecule has 1 fully saturated rings. The van der Waals surface area contributed by atoms with Crippen LogP contribution in [0.3, 0.4) is 0 Å². The number of ether oxygens (including phenoxy) is 1. The lowest BCUT2D eigenvalue weighted by atomic mass is 9.92. The predicted molar refractivity (Wildman–Crippen MR) is 68.8 cm³/mol. The second-order valence-electron chi connectivity index (χ2n) is 6.07. The molecule has 0 amide bonds. The molecule has 1 aliphatic rings. The SMILES string of the molecule is CN(CCN1CCOCC1)CCC(C)(C)C. The van der Waals surface area contributed by atoms with Gasteiger partial charge in [0.2, 0.25) is 0 Å². The van der Waals surface area contributed by atoms with E-state index in [4.69, 9.17) is 4.74 Å². The fraction of sp³-hybridized carbons (Fsp3) is 1.00. The van der Waals surface area contributed by atoms with Gasteiger partial charge in [0.05, 0.1) is 13.2 Å². The molecule has 16 heavy (non-hydrogen) atoms. The molecule has 3 nitrogen and oxygen atoms in total. The first-order chi connectivity index (χ1) is 7.47. The number of hydrogen-bond acceptors (Lipinski definition) is 3. The number of morpholine rings is 1. The lowest BCUT2D eigenvalue weighted by Crippen LogP contribution is -2.41. The van der Waals surface area contributed by atoms with Crippen LogP contribution in [0.4, 0.5) is 0 Å². The van der Waals surface area contributed by atoms with Crippen molar-refractivity contribution in [3.05, 3.63) is 0 Å². The summed E-state index contributed by atoms with van der Waals surface area (Å²) < 4.78 is 5.34. The summed E-state index contributed by atoms with van der Waals surface area (Å²) in [5, 5.41) is 0. The van der Waals surface area contributed by atoms with E-state index in [1.165, 1.54) is 26.1 Å². The zero-order valence-electron chi connectivity index (χ0n) is 11.5. The van der Waals surface area contributed by atoms with Crippen molar-refractivity contribution in [2.75, 3.05) is 53.0 Å². The minimum Gasteiger partial charge on any atom is -0.379 e. The summed E-state index contributed by atoms with van der Waals surface area (Å²) in [4.78, 5) is 4.94. The van der Waals surface area contributed by atoms with Crippen molar-refractivity contribution in [2.45, 2.75) is 27.2 Å².